The zero-order valence-electron chi connectivity index (χ0n) is 16.6. The van der Waals surface area contributed by atoms with Crippen LogP contribution in [0.5, 0.6) is 5.75 Å². The summed E-state index contributed by atoms with van der Waals surface area (Å²) in [7, 11) is 3.99. The van der Waals surface area contributed by atoms with Crippen molar-refractivity contribution in [1.29, 1.82) is 0 Å². The maximum Gasteiger partial charge on any atom is 0.224 e. The van der Waals surface area contributed by atoms with Crippen molar-refractivity contribution < 1.29 is 4.74 Å². The van der Waals surface area contributed by atoms with Crippen LogP contribution in [0, 0.1) is 0 Å². The summed E-state index contributed by atoms with van der Waals surface area (Å²) in [5.41, 5.74) is 1.27. The molecule has 1 saturated carbocycles. The second-order valence-electron chi connectivity index (χ2n) is 7.29. The molecule has 146 valence electrons. The van der Waals surface area contributed by atoms with E-state index in [0.29, 0.717) is 18.7 Å². The highest BCUT2D eigenvalue weighted by molar-refractivity contribution is 5.41. The Hall–Kier alpha value is -2.34. The van der Waals surface area contributed by atoms with Gasteiger partial charge in [-0.05, 0) is 56.4 Å². The molecule has 6 nitrogen and oxygen atoms in total. The van der Waals surface area contributed by atoms with Crippen LogP contribution < -0.4 is 20.3 Å². The number of ether oxygens (including phenoxy) is 1. The summed E-state index contributed by atoms with van der Waals surface area (Å²) in [5.74, 6) is 2.60. The summed E-state index contributed by atoms with van der Waals surface area (Å²) in [6, 6.07) is 11.3. The predicted molar refractivity (Wildman–Crippen MR) is 110 cm³/mol. The molecule has 0 saturated heterocycles. The van der Waals surface area contributed by atoms with Crippen molar-refractivity contribution in [2.24, 2.45) is 0 Å². The molecule has 1 aliphatic carbocycles. The van der Waals surface area contributed by atoms with Crippen molar-refractivity contribution in [1.82, 2.24) is 15.3 Å². The van der Waals surface area contributed by atoms with Crippen molar-refractivity contribution in [3.63, 3.8) is 0 Å². The zero-order valence-corrected chi connectivity index (χ0v) is 16.6. The summed E-state index contributed by atoms with van der Waals surface area (Å²) < 4.78 is 5.58. The van der Waals surface area contributed by atoms with E-state index in [4.69, 9.17) is 4.74 Å². The number of rotatable bonds is 8. The van der Waals surface area contributed by atoms with Gasteiger partial charge in [-0.2, -0.15) is 4.98 Å². The number of aromatic nitrogens is 2. The Bertz CT molecular complexity index is 713. The number of hydrogen-bond acceptors (Lipinski definition) is 6. The van der Waals surface area contributed by atoms with Gasteiger partial charge in [-0.15, -0.1) is 0 Å². The van der Waals surface area contributed by atoms with Crippen LogP contribution in [0.4, 0.5) is 11.8 Å². The van der Waals surface area contributed by atoms with E-state index in [1.54, 1.807) is 0 Å². The molecule has 0 unspecified atom stereocenters. The minimum Gasteiger partial charge on any atom is -0.494 e. The summed E-state index contributed by atoms with van der Waals surface area (Å²) in [5, 5.41) is 7.19. The lowest BCUT2D eigenvalue weighted by Crippen LogP contribution is -2.36. The molecule has 1 aromatic heterocycles. The smallest absolute Gasteiger partial charge is 0.224 e. The van der Waals surface area contributed by atoms with E-state index in [9.17, 15) is 0 Å². The van der Waals surface area contributed by atoms with E-state index in [1.807, 2.05) is 44.2 Å². The molecule has 3 rings (SSSR count). The molecule has 0 aliphatic heterocycles. The molecule has 0 spiro atoms. The fourth-order valence-corrected chi connectivity index (χ4v) is 3.47. The lowest BCUT2D eigenvalue weighted by molar-refractivity contribution is 0.338. The molecular formula is C21H31N5O. The third-order valence-electron chi connectivity index (χ3n) is 4.96. The maximum absolute atomic E-state index is 5.58. The summed E-state index contributed by atoms with van der Waals surface area (Å²) >= 11 is 0. The van der Waals surface area contributed by atoms with Gasteiger partial charge in [-0.3, -0.25) is 0 Å². The average Bonchev–Trinajstić information content (AvgIpc) is 2.68. The van der Waals surface area contributed by atoms with Crippen molar-refractivity contribution in [3.8, 4) is 5.75 Å². The minimum atomic E-state index is 0.446. The summed E-state index contributed by atoms with van der Waals surface area (Å²) in [6.45, 7) is 3.60. The Morgan fingerprint density at radius 3 is 2.63 bits per heavy atom. The van der Waals surface area contributed by atoms with Gasteiger partial charge in [0.2, 0.25) is 5.95 Å². The first kappa shape index (κ1) is 19.4. The molecule has 0 amide bonds. The van der Waals surface area contributed by atoms with Gasteiger partial charge in [0.1, 0.15) is 11.6 Å². The quantitative estimate of drug-likeness (QED) is 0.743. The van der Waals surface area contributed by atoms with Crippen molar-refractivity contribution in [2.75, 3.05) is 30.9 Å². The maximum atomic E-state index is 5.58. The fourth-order valence-electron chi connectivity index (χ4n) is 3.47. The fraction of sp³-hybridized carbons (Fsp3) is 0.524. The summed E-state index contributed by atoms with van der Waals surface area (Å²) in [4.78, 5) is 10.9. The van der Waals surface area contributed by atoms with E-state index < -0.39 is 0 Å². The minimum absolute atomic E-state index is 0.446. The van der Waals surface area contributed by atoms with Gasteiger partial charge in [0, 0.05) is 38.9 Å². The van der Waals surface area contributed by atoms with E-state index in [2.05, 4.69) is 38.8 Å². The van der Waals surface area contributed by atoms with E-state index in [1.165, 1.54) is 5.56 Å². The topological polar surface area (TPSA) is 62.3 Å². The predicted octanol–water partition coefficient (Wildman–Crippen LogP) is 3.45. The zero-order chi connectivity index (χ0) is 19.1. The van der Waals surface area contributed by atoms with Crippen molar-refractivity contribution >= 4 is 11.8 Å². The first-order chi connectivity index (χ1) is 13.1. The monoisotopic (exact) mass is 369 g/mol. The molecule has 2 aromatic rings. The molecule has 0 bridgehead atoms. The molecule has 1 fully saturated rings. The first-order valence-electron chi connectivity index (χ1n) is 9.86. The highest BCUT2D eigenvalue weighted by Gasteiger charge is 2.21. The van der Waals surface area contributed by atoms with Gasteiger partial charge < -0.3 is 20.3 Å². The van der Waals surface area contributed by atoms with Gasteiger partial charge >= 0.3 is 0 Å². The Morgan fingerprint density at radius 1 is 1.11 bits per heavy atom. The van der Waals surface area contributed by atoms with Gasteiger partial charge in [-0.25, -0.2) is 4.98 Å². The van der Waals surface area contributed by atoms with Crippen LogP contribution in [0.3, 0.4) is 0 Å². The Labute approximate surface area is 162 Å². The van der Waals surface area contributed by atoms with Gasteiger partial charge in [0.05, 0.1) is 6.61 Å². The van der Waals surface area contributed by atoms with Crippen LogP contribution in [-0.4, -0.2) is 42.8 Å². The van der Waals surface area contributed by atoms with Gasteiger partial charge in [-0.1, -0.05) is 12.1 Å². The molecule has 0 atom stereocenters. The molecule has 1 aliphatic rings. The van der Waals surface area contributed by atoms with Crippen LogP contribution in [-0.2, 0) is 6.54 Å². The highest BCUT2D eigenvalue weighted by Crippen LogP contribution is 2.22. The number of anilines is 2. The number of hydrogen-bond donors (Lipinski definition) is 2. The molecule has 1 heterocycles. The van der Waals surface area contributed by atoms with Crippen LogP contribution in [0.25, 0.3) is 0 Å². The third kappa shape index (κ3) is 5.82. The number of nitrogens with zero attached hydrogens (tertiary/aromatic N) is 3. The van der Waals surface area contributed by atoms with Gasteiger partial charge in [0.25, 0.3) is 0 Å². The molecule has 6 heteroatoms. The number of benzene rings is 1. The molecule has 27 heavy (non-hydrogen) atoms. The van der Waals surface area contributed by atoms with Gasteiger partial charge in [0.15, 0.2) is 0 Å². The summed E-state index contributed by atoms with van der Waals surface area (Å²) in [6.07, 6.45) is 6.40. The molecule has 0 radical (unpaired) electrons. The second-order valence-corrected chi connectivity index (χ2v) is 7.29. The lowest BCUT2D eigenvalue weighted by atomic mass is 9.91. The normalized spacial score (nSPS) is 19.5. The number of nitrogens with one attached hydrogen (secondary N) is 2. The van der Waals surface area contributed by atoms with Crippen LogP contribution in [0.1, 0.15) is 38.2 Å². The van der Waals surface area contributed by atoms with E-state index in [-0.39, 0.29) is 0 Å². The average molecular weight is 370 g/mol. The van der Waals surface area contributed by atoms with E-state index >= 15 is 0 Å². The SMILES string of the molecule is CCOc1cccc(CNC2CCC(Nc3nccc(N(C)C)n3)CC2)c1. The van der Waals surface area contributed by atoms with Crippen LogP contribution in [0.2, 0.25) is 0 Å². The van der Waals surface area contributed by atoms with Crippen LogP contribution in [0.15, 0.2) is 36.5 Å². The largest absolute Gasteiger partial charge is 0.494 e. The molecule has 1 aromatic carbocycles. The molecular weight excluding hydrogens is 338 g/mol. The molecule has 2 N–H and O–H groups in total. The van der Waals surface area contributed by atoms with E-state index in [0.717, 1.165) is 49.7 Å². The second kappa shape index (κ2) is 9.55. The first-order valence-corrected chi connectivity index (χ1v) is 9.86. The Balaban J connectivity index is 1.44. The highest BCUT2D eigenvalue weighted by atomic mass is 16.5. The Kier molecular flexibility index (Phi) is 6.87. The standard InChI is InChI=1S/C21H31N5O/c1-4-27-19-7-5-6-16(14-19)15-23-17-8-10-18(11-9-17)24-21-22-13-12-20(25-21)26(2)3/h5-7,12-14,17-18,23H,4,8-11,15H2,1-3H3,(H,22,24,25). The van der Waals surface area contributed by atoms with Crippen molar-refractivity contribution in [2.45, 2.75) is 51.2 Å². The third-order valence-corrected chi connectivity index (χ3v) is 4.96. The van der Waals surface area contributed by atoms with Crippen LogP contribution >= 0.6 is 0 Å². The Morgan fingerprint density at radius 2 is 1.89 bits per heavy atom. The van der Waals surface area contributed by atoms with Crippen molar-refractivity contribution in [3.05, 3.63) is 42.1 Å². The lowest BCUT2D eigenvalue weighted by Gasteiger charge is -2.30.